The molecular weight excluding hydrogens is 350 g/mol. The fourth-order valence-electron chi connectivity index (χ4n) is 3.63. The summed E-state index contributed by atoms with van der Waals surface area (Å²) in [5.41, 5.74) is 8.22. The molecule has 4 rings (SSSR count). The van der Waals surface area contributed by atoms with Crippen molar-refractivity contribution in [3.63, 3.8) is 0 Å². The van der Waals surface area contributed by atoms with Crippen molar-refractivity contribution in [3.05, 3.63) is 30.1 Å². The Labute approximate surface area is 152 Å². The van der Waals surface area contributed by atoms with E-state index in [0.717, 1.165) is 47.9 Å². The molecule has 0 bridgehead atoms. The number of fused-ring (bicyclic) bond motifs is 3. The van der Waals surface area contributed by atoms with Crippen LogP contribution in [0.3, 0.4) is 0 Å². The Hall–Kier alpha value is -2.19. The lowest BCUT2D eigenvalue weighted by Crippen LogP contribution is -2.39. The van der Waals surface area contributed by atoms with E-state index >= 15 is 0 Å². The maximum absolute atomic E-state index is 11.8. The van der Waals surface area contributed by atoms with Gasteiger partial charge in [-0.2, -0.15) is 0 Å². The summed E-state index contributed by atoms with van der Waals surface area (Å²) in [6.07, 6.45) is 4.61. The summed E-state index contributed by atoms with van der Waals surface area (Å²) in [4.78, 5) is 9.24. The molecular formula is C18H23N5O2S. The van der Waals surface area contributed by atoms with Crippen molar-refractivity contribution in [2.24, 2.45) is 0 Å². The van der Waals surface area contributed by atoms with Gasteiger partial charge in [-0.1, -0.05) is 25.1 Å². The molecule has 1 aliphatic rings. The number of imidazole rings is 1. The summed E-state index contributed by atoms with van der Waals surface area (Å²) >= 11 is 0. The van der Waals surface area contributed by atoms with Crippen molar-refractivity contribution >= 4 is 37.8 Å². The molecule has 1 aliphatic carbocycles. The van der Waals surface area contributed by atoms with Crippen molar-refractivity contribution in [1.29, 1.82) is 0 Å². The summed E-state index contributed by atoms with van der Waals surface area (Å²) in [5, 5.41) is 0.988. The smallest absolute Gasteiger partial charge is 0.209 e. The van der Waals surface area contributed by atoms with Crippen LogP contribution in [-0.2, 0) is 23.0 Å². The highest BCUT2D eigenvalue weighted by Gasteiger charge is 2.46. The minimum Gasteiger partial charge on any atom is -0.382 e. The zero-order valence-corrected chi connectivity index (χ0v) is 15.8. The van der Waals surface area contributed by atoms with Gasteiger partial charge in [-0.05, 0) is 25.3 Å². The average Bonchev–Trinajstić information content (AvgIpc) is 3.20. The van der Waals surface area contributed by atoms with Gasteiger partial charge in [0.2, 0.25) is 10.0 Å². The number of para-hydroxylation sites is 1. The van der Waals surface area contributed by atoms with Crippen LogP contribution >= 0.6 is 0 Å². The second-order valence-corrected chi connectivity index (χ2v) is 8.98. The largest absolute Gasteiger partial charge is 0.382 e. The number of nitrogens with zero attached hydrogens (tertiary/aromatic N) is 3. The first-order valence-electron chi connectivity index (χ1n) is 8.84. The third-order valence-electron chi connectivity index (χ3n) is 4.88. The maximum Gasteiger partial charge on any atom is 0.209 e. The van der Waals surface area contributed by atoms with E-state index in [1.807, 2.05) is 24.3 Å². The average molecular weight is 373 g/mol. The summed E-state index contributed by atoms with van der Waals surface area (Å²) in [7, 11) is -3.27. The number of nitrogen functional groups attached to an aromatic ring is 1. The third kappa shape index (κ3) is 3.03. The van der Waals surface area contributed by atoms with Crippen LogP contribution in [0.25, 0.3) is 21.9 Å². The number of benzene rings is 1. The molecule has 0 atom stereocenters. The lowest BCUT2D eigenvalue weighted by atomic mass is 10.1. The molecule has 1 aromatic carbocycles. The van der Waals surface area contributed by atoms with Gasteiger partial charge in [0.1, 0.15) is 11.3 Å². The zero-order valence-electron chi connectivity index (χ0n) is 15.0. The van der Waals surface area contributed by atoms with Crippen LogP contribution in [0.4, 0.5) is 5.82 Å². The van der Waals surface area contributed by atoms with Crippen LogP contribution in [0.2, 0.25) is 0 Å². The van der Waals surface area contributed by atoms with Gasteiger partial charge < -0.3 is 10.3 Å². The number of hydrogen-bond donors (Lipinski definition) is 2. The molecule has 0 radical (unpaired) electrons. The van der Waals surface area contributed by atoms with Crippen molar-refractivity contribution < 1.29 is 8.42 Å². The van der Waals surface area contributed by atoms with Crippen molar-refractivity contribution in [3.8, 4) is 0 Å². The monoisotopic (exact) mass is 373 g/mol. The molecule has 3 aromatic rings. The van der Waals surface area contributed by atoms with Gasteiger partial charge in [0.15, 0.2) is 5.82 Å². The normalized spacial score (nSPS) is 16.4. The van der Waals surface area contributed by atoms with E-state index in [4.69, 9.17) is 10.7 Å². The number of rotatable bonds is 6. The van der Waals surface area contributed by atoms with Crippen molar-refractivity contribution in [2.45, 2.75) is 44.7 Å². The first-order chi connectivity index (χ1) is 12.3. The molecule has 0 unspecified atom stereocenters. The van der Waals surface area contributed by atoms with Crippen LogP contribution in [0.1, 0.15) is 32.0 Å². The number of anilines is 1. The van der Waals surface area contributed by atoms with E-state index in [2.05, 4.69) is 21.2 Å². The predicted molar refractivity (Wildman–Crippen MR) is 103 cm³/mol. The number of hydrogen-bond acceptors (Lipinski definition) is 5. The van der Waals surface area contributed by atoms with E-state index in [1.165, 1.54) is 6.26 Å². The van der Waals surface area contributed by atoms with Crippen molar-refractivity contribution in [1.82, 2.24) is 19.3 Å². The number of nitrogens with one attached hydrogen (secondary N) is 1. The Morgan fingerprint density at radius 2 is 2.00 bits per heavy atom. The number of sulfonamides is 1. The van der Waals surface area contributed by atoms with Gasteiger partial charge in [-0.25, -0.2) is 23.1 Å². The first-order valence-corrected chi connectivity index (χ1v) is 10.7. The number of aromatic nitrogens is 3. The molecule has 8 heteroatoms. The van der Waals surface area contributed by atoms with Crippen LogP contribution in [-0.4, -0.2) is 34.7 Å². The van der Waals surface area contributed by atoms with E-state index < -0.39 is 15.6 Å². The Morgan fingerprint density at radius 1 is 1.27 bits per heavy atom. The minimum absolute atomic E-state index is 0.413. The first kappa shape index (κ1) is 17.2. The molecule has 0 saturated heterocycles. The van der Waals surface area contributed by atoms with Crippen LogP contribution in [0.5, 0.6) is 0 Å². The number of aryl methyl sites for hydroxylation is 1. The molecule has 3 N–H and O–H groups in total. The number of pyridine rings is 1. The lowest BCUT2D eigenvalue weighted by molar-refractivity contribution is 0.482. The molecule has 0 amide bonds. The third-order valence-corrected chi connectivity index (χ3v) is 5.68. The SMILES string of the molecule is CCCc1nc2c(N)nc3ccccc3c2n1CC1(NS(C)(=O)=O)CC1. The molecule has 138 valence electrons. The highest BCUT2D eigenvalue weighted by molar-refractivity contribution is 7.88. The van der Waals surface area contributed by atoms with E-state index in [0.29, 0.717) is 17.9 Å². The topological polar surface area (TPSA) is 103 Å². The van der Waals surface area contributed by atoms with Crippen LogP contribution in [0.15, 0.2) is 24.3 Å². The van der Waals surface area contributed by atoms with Gasteiger partial charge in [0.25, 0.3) is 0 Å². The molecule has 1 saturated carbocycles. The Bertz CT molecular complexity index is 1100. The van der Waals surface area contributed by atoms with E-state index in [1.54, 1.807) is 0 Å². The van der Waals surface area contributed by atoms with Crippen molar-refractivity contribution in [2.75, 3.05) is 12.0 Å². The molecule has 1 fully saturated rings. The highest BCUT2D eigenvalue weighted by Crippen LogP contribution is 2.40. The summed E-state index contributed by atoms with van der Waals surface area (Å²) in [6.45, 7) is 2.66. The zero-order chi connectivity index (χ0) is 18.5. The van der Waals surface area contributed by atoms with Crippen LogP contribution < -0.4 is 10.5 Å². The molecule has 0 aliphatic heterocycles. The molecule has 26 heavy (non-hydrogen) atoms. The summed E-state index contributed by atoms with van der Waals surface area (Å²) < 4.78 is 28.5. The summed E-state index contributed by atoms with van der Waals surface area (Å²) in [6, 6.07) is 7.85. The Morgan fingerprint density at radius 3 is 2.65 bits per heavy atom. The Kier molecular flexibility index (Phi) is 3.92. The van der Waals surface area contributed by atoms with Gasteiger partial charge in [-0.3, -0.25) is 0 Å². The van der Waals surface area contributed by atoms with Gasteiger partial charge in [-0.15, -0.1) is 0 Å². The fraction of sp³-hybridized carbons (Fsp3) is 0.444. The van der Waals surface area contributed by atoms with E-state index in [-0.39, 0.29) is 0 Å². The quantitative estimate of drug-likeness (QED) is 0.689. The lowest BCUT2D eigenvalue weighted by Gasteiger charge is -2.19. The minimum atomic E-state index is -3.27. The maximum atomic E-state index is 11.8. The summed E-state index contributed by atoms with van der Waals surface area (Å²) in [5.74, 6) is 1.34. The van der Waals surface area contributed by atoms with Gasteiger partial charge in [0.05, 0.1) is 22.8 Å². The molecule has 2 heterocycles. The number of nitrogens with two attached hydrogens (primary N) is 1. The second-order valence-electron chi connectivity index (χ2n) is 7.23. The van der Waals surface area contributed by atoms with Gasteiger partial charge >= 0.3 is 0 Å². The van der Waals surface area contributed by atoms with Gasteiger partial charge in [0, 0.05) is 18.4 Å². The molecule has 0 spiro atoms. The molecule has 7 nitrogen and oxygen atoms in total. The predicted octanol–water partition coefficient (Wildman–Crippen LogP) is 2.20. The molecule has 2 aromatic heterocycles. The Balaban J connectivity index is 1.93. The fourth-order valence-corrected chi connectivity index (χ4v) is 4.68. The standard InChI is InChI=1S/C18H23N5O2S/c1-3-6-14-21-15-16(12-7-4-5-8-13(12)20-17(15)19)23(14)11-18(9-10-18)22-26(2,24)25/h4-5,7-8,22H,3,6,9-11H2,1-2H3,(H2,19,20). The highest BCUT2D eigenvalue weighted by atomic mass is 32.2. The van der Waals surface area contributed by atoms with E-state index in [9.17, 15) is 8.42 Å². The van der Waals surface area contributed by atoms with Crippen LogP contribution in [0, 0.1) is 0 Å². The second kappa shape index (κ2) is 5.92.